The van der Waals surface area contributed by atoms with E-state index in [-0.39, 0.29) is 17.9 Å². The highest BCUT2D eigenvalue weighted by molar-refractivity contribution is 5.83. The first-order valence-corrected chi connectivity index (χ1v) is 9.66. The highest BCUT2D eigenvalue weighted by Gasteiger charge is 2.25. The third kappa shape index (κ3) is 4.86. The van der Waals surface area contributed by atoms with Crippen molar-refractivity contribution in [3.05, 3.63) is 30.7 Å². The molecular weight excluding hydrogens is 342 g/mol. The molecule has 2 amide bonds. The molecule has 0 bridgehead atoms. The monoisotopic (exact) mass is 371 g/mol. The van der Waals surface area contributed by atoms with E-state index >= 15 is 0 Å². The summed E-state index contributed by atoms with van der Waals surface area (Å²) in [5.41, 5.74) is 6.91. The van der Waals surface area contributed by atoms with Gasteiger partial charge in [0.05, 0.1) is 17.8 Å². The maximum atomic E-state index is 12.6. The van der Waals surface area contributed by atoms with Gasteiger partial charge in [0.25, 0.3) is 0 Å². The van der Waals surface area contributed by atoms with E-state index in [1.165, 1.54) is 0 Å². The van der Waals surface area contributed by atoms with Crippen molar-refractivity contribution in [1.29, 1.82) is 0 Å². The minimum atomic E-state index is -0.458. The molecule has 3 heterocycles. The number of nitrogens with two attached hydrogens (primary N) is 1. The zero-order valence-electron chi connectivity index (χ0n) is 16.1. The number of pyridine rings is 1. The predicted octanol–water partition coefficient (Wildman–Crippen LogP) is 1.52. The van der Waals surface area contributed by atoms with Crippen molar-refractivity contribution in [3.8, 4) is 0 Å². The van der Waals surface area contributed by atoms with Gasteiger partial charge in [-0.2, -0.15) is 0 Å². The second-order valence-electron chi connectivity index (χ2n) is 7.78. The molecule has 146 valence electrons. The Kier molecular flexibility index (Phi) is 6.11. The number of carbonyl (C=O) groups is 2. The lowest BCUT2D eigenvalue weighted by Gasteiger charge is -2.33. The molecular formula is C20H29N5O2. The number of aromatic nitrogens is 2. The van der Waals surface area contributed by atoms with Gasteiger partial charge in [-0.15, -0.1) is 0 Å². The number of hydrogen-bond donors (Lipinski definition) is 2. The number of fused-ring (bicyclic) bond motifs is 1. The third-order valence-corrected chi connectivity index (χ3v) is 5.14. The first-order chi connectivity index (χ1) is 12.9. The van der Waals surface area contributed by atoms with Crippen LogP contribution in [0.1, 0.15) is 33.1 Å². The van der Waals surface area contributed by atoms with Crippen molar-refractivity contribution in [2.45, 2.75) is 51.7 Å². The molecule has 3 N–H and O–H groups in total. The number of likely N-dealkylation sites (tertiary alicyclic amines) is 1. The van der Waals surface area contributed by atoms with Gasteiger partial charge in [-0.25, -0.2) is 0 Å². The molecule has 0 saturated carbocycles. The minimum Gasteiger partial charge on any atom is -0.352 e. The number of hydrogen-bond acceptors (Lipinski definition) is 4. The van der Waals surface area contributed by atoms with Crippen LogP contribution in [-0.2, 0) is 16.1 Å². The van der Waals surface area contributed by atoms with Gasteiger partial charge in [0, 0.05) is 36.9 Å². The maximum Gasteiger partial charge on any atom is 0.242 e. The largest absolute Gasteiger partial charge is 0.352 e. The van der Waals surface area contributed by atoms with Gasteiger partial charge in [-0.3, -0.25) is 14.6 Å². The number of nitrogens with zero attached hydrogens (tertiary/aromatic N) is 3. The summed E-state index contributed by atoms with van der Waals surface area (Å²) in [6, 6.07) is 3.57. The summed E-state index contributed by atoms with van der Waals surface area (Å²) in [4.78, 5) is 30.8. The second kappa shape index (κ2) is 8.52. The predicted molar refractivity (Wildman–Crippen MR) is 105 cm³/mol. The van der Waals surface area contributed by atoms with Crippen LogP contribution in [0.3, 0.4) is 0 Å². The van der Waals surface area contributed by atoms with E-state index in [4.69, 9.17) is 5.73 Å². The molecule has 3 rings (SSSR count). The van der Waals surface area contributed by atoms with Crippen LogP contribution in [0.4, 0.5) is 0 Å². The van der Waals surface area contributed by atoms with Crippen molar-refractivity contribution in [2.24, 2.45) is 11.7 Å². The molecule has 0 radical (unpaired) electrons. The SMILES string of the molecule is CC(C)CC(N)C(=O)NC1CCN(C(=O)Cn2ccc3ccncc32)CC1. The van der Waals surface area contributed by atoms with Crippen LogP contribution in [0.25, 0.3) is 10.9 Å². The van der Waals surface area contributed by atoms with Gasteiger partial charge in [-0.1, -0.05) is 13.8 Å². The molecule has 1 atom stereocenters. The van der Waals surface area contributed by atoms with Crippen LogP contribution in [0.5, 0.6) is 0 Å². The van der Waals surface area contributed by atoms with E-state index in [9.17, 15) is 9.59 Å². The molecule has 7 nitrogen and oxygen atoms in total. The first-order valence-electron chi connectivity index (χ1n) is 9.66. The summed E-state index contributed by atoms with van der Waals surface area (Å²) in [5.74, 6) is 0.405. The summed E-state index contributed by atoms with van der Waals surface area (Å²) >= 11 is 0. The molecule has 1 saturated heterocycles. The molecule has 2 aromatic rings. The Hall–Kier alpha value is -2.41. The molecule has 2 aromatic heterocycles. The summed E-state index contributed by atoms with van der Waals surface area (Å²) in [6.45, 7) is 5.73. The Bertz CT molecular complexity index is 793. The zero-order valence-corrected chi connectivity index (χ0v) is 16.1. The number of rotatable bonds is 6. The fourth-order valence-corrected chi connectivity index (χ4v) is 3.61. The standard InChI is InChI=1S/C20H29N5O2/c1-14(2)11-17(21)20(27)23-16-5-9-24(10-6-16)19(26)13-25-8-4-15-3-7-22-12-18(15)25/h3-4,7-8,12,14,16-17H,5-6,9-11,13,21H2,1-2H3,(H,23,27). The Morgan fingerprint density at radius 2 is 2.04 bits per heavy atom. The Morgan fingerprint density at radius 3 is 2.74 bits per heavy atom. The van der Waals surface area contributed by atoms with Gasteiger partial charge in [0.2, 0.25) is 11.8 Å². The number of carbonyl (C=O) groups excluding carboxylic acids is 2. The van der Waals surface area contributed by atoms with Crippen LogP contribution in [-0.4, -0.2) is 51.4 Å². The average Bonchev–Trinajstić information content (AvgIpc) is 3.04. The quantitative estimate of drug-likeness (QED) is 0.805. The van der Waals surface area contributed by atoms with Crippen LogP contribution in [0.15, 0.2) is 30.7 Å². The van der Waals surface area contributed by atoms with Crippen LogP contribution in [0, 0.1) is 5.92 Å². The Morgan fingerprint density at radius 1 is 1.30 bits per heavy atom. The van der Waals surface area contributed by atoms with Gasteiger partial charge in [-0.05, 0) is 37.3 Å². The topological polar surface area (TPSA) is 93.3 Å². The molecule has 7 heteroatoms. The van der Waals surface area contributed by atoms with E-state index < -0.39 is 6.04 Å². The van der Waals surface area contributed by atoms with Gasteiger partial charge in [0.15, 0.2) is 0 Å². The molecule has 1 fully saturated rings. The lowest BCUT2D eigenvalue weighted by Crippen LogP contribution is -2.51. The van der Waals surface area contributed by atoms with Crippen molar-refractivity contribution >= 4 is 22.7 Å². The van der Waals surface area contributed by atoms with Crippen LogP contribution in [0.2, 0.25) is 0 Å². The summed E-state index contributed by atoms with van der Waals surface area (Å²) in [6.07, 6.45) is 7.67. The van der Waals surface area contributed by atoms with E-state index in [1.807, 2.05) is 27.8 Å². The van der Waals surface area contributed by atoms with Gasteiger partial charge < -0.3 is 20.5 Å². The number of piperidine rings is 1. The number of nitrogens with one attached hydrogen (secondary N) is 1. The summed E-state index contributed by atoms with van der Waals surface area (Å²) in [5, 5.41) is 4.12. The third-order valence-electron chi connectivity index (χ3n) is 5.14. The van der Waals surface area contributed by atoms with E-state index in [1.54, 1.807) is 12.4 Å². The van der Waals surface area contributed by atoms with Gasteiger partial charge >= 0.3 is 0 Å². The van der Waals surface area contributed by atoms with Crippen molar-refractivity contribution in [3.63, 3.8) is 0 Å². The Balaban J connectivity index is 1.49. The molecule has 1 aliphatic heterocycles. The van der Waals surface area contributed by atoms with E-state index in [0.717, 1.165) is 23.7 Å². The fourth-order valence-electron chi connectivity index (χ4n) is 3.61. The first kappa shape index (κ1) is 19.4. The van der Waals surface area contributed by atoms with Crippen LogP contribution >= 0.6 is 0 Å². The average molecular weight is 371 g/mol. The lowest BCUT2D eigenvalue weighted by atomic mass is 10.0. The highest BCUT2D eigenvalue weighted by Crippen LogP contribution is 2.16. The fraction of sp³-hybridized carbons (Fsp3) is 0.550. The molecule has 0 spiro atoms. The highest BCUT2D eigenvalue weighted by atomic mass is 16.2. The van der Waals surface area contributed by atoms with E-state index in [2.05, 4.69) is 24.1 Å². The Labute approximate surface area is 159 Å². The normalized spacial score (nSPS) is 16.7. The smallest absolute Gasteiger partial charge is 0.242 e. The van der Waals surface area contributed by atoms with Crippen molar-refractivity contribution < 1.29 is 9.59 Å². The summed E-state index contributed by atoms with van der Waals surface area (Å²) in [7, 11) is 0. The maximum absolute atomic E-state index is 12.6. The minimum absolute atomic E-state index is 0.0835. The molecule has 0 aliphatic carbocycles. The second-order valence-corrected chi connectivity index (χ2v) is 7.78. The molecule has 27 heavy (non-hydrogen) atoms. The van der Waals surface area contributed by atoms with Crippen LogP contribution < -0.4 is 11.1 Å². The molecule has 0 aromatic carbocycles. The molecule has 1 unspecified atom stereocenters. The molecule has 1 aliphatic rings. The summed E-state index contributed by atoms with van der Waals surface area (Å²) < 4.78 is 1.93. The van der Waals surface area contributed by atoms with Crippen molar-refractivity contribution in [2.75, 3.05) is 13.1 Å². The van der Waals surface area contributed by atoms with Crippen molar-refractivity contribution in [1.82, 2.24) is 19.8 Å². The zero-order chi connectivity index (χ0) is 19.4. The number of amides is 2. The van der Waals surface area contributed by atoms with E-state index in [0.29, 0.717) is 32.0 Å². The van der Waals surface area contributed by atoms with Gasteiger partial charge in [0.1, 0.15) is 6.54 Å². The lowest BCUT2D eigenvalue weighted by molar-refractivity contribution is -0.133.